The molecule has 0 aliphatic carbocycles. The molecular formula is C13H12FNOS2. The van der Waals surface area contributed by atoms with Crippen molar-refractivity contribution in [1.82, 2.24) is 4.98 Å². The van der Waals surface area contributed by atoms with E-state index in [-0.39, 0.29) is 0 Å². The Labute approximate surface area is 113 Å². The van der Waals surface area contributed by atoms with Crippen LogP contribution in [0.25, 0.3) is 0 Å². The van der Waals surface area contributed by atoms with Crippen molar-refractivity contribution >= 4 is 23.1 Å². The minimum Gasteiger partial charge on any atom is -0.383 e. The van der Waals surface area contributed by atoms with E-state index >= 15 is 0 Å². The lowest BCUT2D eigenvalue weighted by Crippen LogP contribution is -2.00. The second-order valence-corrected chi connectivity index (χ2v) is 6.47. The molecule has 1 atom stereocenters. The summed E-state index contributed by atoms with van der Waals surface area (Å²) in [6.45, 7) is 0. The third-order valence-corrected chi connectivity index (χ3v) is 5.31. The number of hydrogen-bond acceptors (Lipinski definition) is 4. The number of aryl methyl sites for hydroxylation is 1. The lowest BCUT2D eigenvalue weighted by atomic mass is 10.1. The van der Waals surface area contributed by atoms with Crippen molar-refractivity contribution in [3.63, 3.8) is 0 Å². The third kappa shape index (κ3) is 2.18. The number of rotatable bonds is 2. The molecule has 1 N–H and O–H groups in total. The fourth-order valence-corrected chi connectivity index (χ4v) is 4.45. The molecule has 94 valence electrons. The molecule has 3 rings (SSSR count). The number of halogens is 1. The maximum Gasteiger partial charge on any atom is 0.147 e. The van der Waals surface area contributed by atoms with Crippen molar-refractivity contribution < 1.29 is 9.50 Å². The molecule has 0 saturated carbocycles. The summed E-state index contributed by atoms with van der Waals surface area (Å²) >= 11 is 3.50. The Hall–Kier alpha value is -0.910. The number of aromatic nitrogens is 1. The quantitative estimate of drug-likeness (QED) is 0.918. The normalized spacial score (nSPS) is 16.3. The summed E-state index contributed by atoms with van der Waals surface area (Å²) in [5.74, 6) is 1.68. The number of thiophene rings is 1. The van der Waals surface area contributed by atoms with Gasteiger partial charge in [-0.3, -0.25) is 4.98 Å². The smallest absolute Gasteiger partial charge is 0.147 e. The maximum atomic E-state index is 13.6. The Kier molecular flexibility index (Phi) is 3.37. The van der Waals surface area contributed by atoms with Crippen LogP contribution in [0.1, 0.15) is 27.0 Å². The van der Waals surface area contributed by atoms with Crippen molar-refractivity contribution in [1.29, 1.82) is 0 Å². The molecule has 0 amide bonds. The number of aliphatic hydroxyl groups excluding tert-OH is 1. The first-order valence-corrected chi connectivity index (χ1v) is 7.69. The molecule has 5 heteroatoms. The average Bonchev–Trinajstić information content (AvgIpc) is 2.82. The van der Waals surface area contributed by atoms with Gasteiger partial charge in [0.1, 0.15) is 11.9 Å². The molecule has 1 aliphatic heterocycles. The highest BCUT2D eigenvalue weighted by molar-refractivity contribution is 7.98. The van der Waals surface area contributed by atoms with Crippen LogP contribution >= 0.6 is 23.1 Å². The summed E-state index contributed by atoms with van der Waals surface area (Å²) in [7, 11) is 0. The lowest BCUT2D eigenvalue weighted by molar-refractivity contribution is 0.218. The van der Waals surface area contributed by atoms with E-state index in [1.165, 1.54) is 22.7 Å². The fourth-order valence-electron chi connectivity index (χ4n) is 2.07. The molecule has 2 aromatic rings. The lowest BCUT2D eigenvalue weighted by Gasteiger charge is -2.09. The Morgan fingerprint density at radius 3 is 3.11 bits per heavy atom. The van der Waals surface area contributed by atoms with Crippen molar-refractivity contribution in [2.45, 2.75) is 18.3 Å². The van der Waals surface area contributed by atoms with Crippen LogP contribution in [0, 0.1) is 5.82 Å². The molecule has 3 heterocycles. The minimum atomic E-state index is -0.881. The first kappa shape index (κ1) is 12.1. The maximum absolute atomic E-state index is 13.6. The van der Waals surface area contributed by atoms with Crippen molar-refractivity contribution in [3.05, 3.63) is 51.2 Å². The van der Waals surface area contributed by atoms with E-state index in [9.17, 15) is 9.50 Å². The Bertz CT molecular complexity index is 546. The molecule has 0 aromatic carbocycles. The zero-order valence-corrected chi connectivity index (χ0v) is 11.2. The molecule has 1 unspecified atom stereocenters. The summed E-state index contributed by atoms with van der Waals surface area (Å²) in [4.78, 5) is 5.86. The van der Waals surface area contributed by atoms with Crippen molar-refractivity contribution in [2.75, 3.05) is 5.75 Å². The fraction of sp³-hybridized carbons (Fsp3) is 0.308. The molecular weight excluding hydrogens is 269 g/mol. The van der Waals surface area contributed by atoms with Crippen LogP contribution in [-0.2, 0) is 12.2 Å². The zero-order chi connectivity index (χ0) is 12.5. The first-order chi connectivity index (χ1) is 8.75. The van der Waals surface area contributed by atoms with Crippen LogP contribution in [0.2, 0.25) is 0 Å². The second kappa shape index (κ2) is 4.99. The van der Waals surface area contributed by atoms with Gasteiger partial charge >= 0.3 is 0 Å². The molecule has 0 bridgehead atoms. The average molecular weight is 281 g/mol. The van der Waals surface area contributed by atoms with Gasteiger partial charge in [-0.05, 0) is 29.9 Å². The van der Waals surface area contributed by atoms with Gasteiger partial charge in [-0.2, -0.15) is 11.8 Å². The van der Waals surface area contributed by atoms with Crippen LogP contribution in [0.15, 0.2) is 24.5 Å². The van der Waals surface area contributed by atoms with E-state index in [1.807, 2.05) is 17.8 Å². The molecule has 0 fully saturated rings. The Morgan fingerprint density at radius 1 is 1.44 bits per heavy atom. The number of hydrogen-bond donors (Lipinski definition) is 1. The highest BCUT2D eigenvalue weighted by atomic mass is 32.2. The van der Waals surface area contributed by atoms with E-state index in [0.29, 0.717) is 5.56 Å². The van der Waals surface area contributed by atoms with Crippen molar-refractivity contribution in [2.24, 2.45) is 0 Å². The summed E-state index contributed by atoms with van der Waals surface area (Å²) in [6, 6.07) is 3.55. The summed E-state index contributed by atoms with van der Waals surface area (Å²) in [6.07, 6.45) is 2.82. The van der Waals surface area contributed by atoms with Crippen LogP contribution < -0.4 is 0 Å². The number of aliphatic hydroxyl groups is 1. The van der Waals surface area contributed by atoms with Gasteiger partial charge in [0, 0.05) is 27.3 Å². The second-order valence-electron chi connectivity index (χ2n) is 4.20. The first-order valence-electron chi connectivity index (χ1n) is 5.72. The van der Waals surface area contributed by atoms with Crippen LogP contribution in [0.4, 0.5) is 4.39 Å². The molecule has 2 aromatic heterocycles. The highest BCUT2D eigenvalue weighted by Crippen LogP contribution is 2.36. The van der Waals surface area contributed by atoms with E-state index in [2.05, 4.69) is 4.98 Å². The van der Waals surface area contributed by atoms with Gasteiger partial charge in [0.15, 0.2) is 0 Å². The van der Waals surface area contributed by atoms with Gasteiger partial charge < -0.3 is 5.11 Å². The molecule has 0 radical (unpaired) electrons. The van der Waals surface area contributed by atoms with Gasteiger partial charge in [0.2, 0.25) is 0 Å². The Morgan fingerprint density at radius 2 is 2.33 bits per heavy atom. The summed E-state index contributed by atoms with van der Waals surface area (Å²) in [5, 5.41) is 10.3. The number of nitrogens with zero attached hydrogens (tertiary/aromatic N) is 1. The zero-order valence-electron chi connectivity index (χ0n) is 9.60. The predicted octanol–water partition coefficient (Wildman–Crippen LogP) is 3.15. The molecule has 0 saturated heterocycles. The standard InChI is InChI=1S/C13H12FNOS2/c14-10-6-15-3-1-9(10)13(16)12-5-8-7-17-4-2-11(8)18-12/h1,3,5-6,13,16H,2,4,7H2. The Balaban J connectivity index is 1.95. The molecule has 1 aliphatic rings. The van der Waals surface area contributed by atoms with E-state index in [1.54, 1.807) is 11.3 Å². The van der Waals surface area contributed by atoms with E-state index in [0.717, 1.165) is 29.0 Å². The molecule has 18 heavy (non-hydrogen) atoms. The monoisotopic (exact) mass is 281 g/mol. The molecule has 2 nitrogen and oxygen atoms in total. The van der Waals surface area contributed by atoms with Crippen LogP contribution in [0.5, 0.6) is 0 Å². The SMILES string of the molecule is OC(c1cc2c(s1)CCSC2)c1ccncc1F. The summed E-state index contributed by atoms with van der Waals surface area (Å²) in [5.41, 5.74) is 1.59. The van der Waals surface area contributed by atoms with Gasteiger partial charge in [-0.1, -0.05) is 0 Å². The minimum absolute atomic E-state index is 0.302. The van der Waals surface area contributed by atoms with Gasteiger partial charge in [0.25, 0.3) is 0 Å². The van der Waals surface area contributed by atoms with Crippen LogP contribution in [-0.4, -0.2) is 15.8 Å². The predicted molar refractivity (Wildman–Crippen MR) is 72.4 cm³/mol. The van der Waals surface area contributed by atoms with Gasteiger partial charge in [-0.15, -0.1) is 11.3 Å². The van der Waals surface area contributed by atoms with Gasteiger partial charge in [-0.25, -0.2) is 4.39 Å². The summed E-state index contributed by atoms with van der Waals surface area (Å²) < 4.78 is 13.6. The highest BCUT2D eigenvalue weighted by Gasteiger charge is 2.21. The topological polar surface area (TPSA) is 33.1 Å². The van der Waals surface area contributed by atoms with Gasteiger partial charge in [0.05, 0.1) is 6.20 Å². The van der Waals surface area contributed by atoms with Crippen LogP contribution in [0.3, 0.4) is 0 Å². The molecule has 0 spiro atoms. The number of pyridine rings is 1. The van der Waals surface area contributed by atoms with Crippen molar-refractivity contribution in [3.8, 4) is 0 Å². The van der Waals surface area contributed by atoms with E-state index < -0.39 is 11.9 Å². The number of fused-ring (bicyclic) bond motifs is 1. The largest absolute Gasteiger partial charge is 0.383 e. The van der Waals surface area contributed by atoms with E-state index in [4.69, 9.17) is 0 Å². The third-order valence-electron chi connectivity index (χ3n) is 3.01. The number of thioether (sulfide) groups is 1.